The molecular weight excluding hydrogens is 366 g/mol. The second-order valence-electron chi connectivity index (χ2n) is 5.37. The van der Waals surface area contributed by atoms with E-state index < -0.39 is 21.8 Å². The van der Waals surface area contributed by atoms with E-state index in [1.807, 2.05) is 0 Å². The largest absolute Gasteiger partial charge is 0.366 e. The minimum Gasteiger partial charge on any atom is -0.366 e. The number of carbonyl (C=O) groups excluding carboxylic acids is 2. The van der Waals surface area contributed by atoms with Crippen LogP contribution in [0.1, 0.15) is 26.3 Å². The zero-order chi connectivity index (χ0) is 18.8. The first-order valence-corrected chi connectivity index (χ1v) is 9.33. The van der Waals surface area contributed by atoms with E-state index in [9.17, 15) is 18.0 Å². The van der Waals surface area contributed by atoms with Crippen molar-refractivity contribution in [1.82, 2.24) is 0 Å². The molecule has 2 rings (SSSR count). The fourth-order valence-electron chi connectivity index (χ4n) is 2.20. The Bertz CT molecular complexity index is 958. The molecule has 2 aromatic rings. The first kappa shape index (κ1) is 18.8. The Labute approximate surface area is 150 Å². The number of halogens is 1. The smallest absolute Gasteiger partial charge is 0.257 e. The van der Waals surface area contributed by atoms with Crippen LogP contribution in [-0.2, 0) is 10.0 Å². The van der Waals surface area contributed by atoms with Gasteiger partial charge in [0.15, 0.2) is 0 Å². The summed E-state index contributed by atoms with van der Waals surface area (Å²) < 4.78 is 24.9. The molecule has 0 spiro atoms. The summed E-state index contributed by atoms with van der Waals surface area (Å²) in [4.78, 5) is 23.9. The average Bonchev–Trinajstić information content (AvgIpc) is 2.49. The van der Waals surface area contributed by atoms with Crippen molar-refractivity contribution in [2.75, 3.05) is 16.3 Å². The highest BCUT2D eigenvalue weighted by Crippen LogP contribution is 2.24. The van der Waals surface area contributed by atoms with E-state index in [0.29, 0.717) is 11.3 Å². The monoisotopic (exact) mass is 381 g/mol. The van der Waals surface area contributed by atoms with Gasteiger partial charge >= 0.3 is 0 Å². The average molecular weight is 382 g/mol. The number of rotatable bonds is 5. The van der Waals surface area contributed by atoms with Crippen molar-refractivity contribution in [3.8, 4) is 0 Å². The zero-order valence-electron chi connectivity index (χ0n) is 13.5. The molecular formula is C16H16ClN3O4S. The van der Waals surface area contributed by atoms with Crippen LogP contribution in [0.2, 0.25) is 5.02 Å². The molecule has 0 bridgehead atoms. The van der Waals surface area contributed by atoms with E-state index in [4.69, 9.17) is 17.3 Å². The number of hydrogen-bond donors (Lipinski definition) is 3. The van der Waals surface area contributed by atoms with E-state index >= 15 is 0 Å². The van der Waals surface area contributed by atoms with Crippen molar-refractivity contribution < 1.29 is 18.0 Å². The molecule has 0 aliphatic carbocycles. The van der Waals surface area contributed by atoms with Crippen molar-refractivity contribution in [1.29, 1.82) is 0 Å². The maximum atomic E-state index is 12.5. The van der Waals surface area contributed by atoms with Gasteiger partial charge in [0.25, 0.3) is 5.91 Å². The minimum atomic E-state index is -3.49. The summed E-state index contributed by atoms with van der Waals surface area (Å²) in [5.74, 6) is -1.15. The number of carbonyl (C=O) groups is 2. The number of sulfonamides is 1. The van der Waals surface area contributed by atoms with Gasteiger partial charge in [-0.25, -0.2) is 8.42 Å². The zero-order valence-corrected chi connectivity index (χ0v) is 15.0. The quantitative estimate of drug-likeness (QED) is 0.736. The lowest BCUT2D eigenvalue weighted by molar-refractivity contribution is 0.0995. The molecule has 2 aromatic carbocycles. The summed E-state index contributed by atoms with van der Waals surface area (Å²) in [6.07, 6.45) is 1.00. The van der Waals surface area contributed by atoms with Gasteiger partial charge in [-0.15, -0.1) is 0 Å². The van der Waals surface area contributed by atoms with Gasteiger partial charge in [0, 0.05) is 16.9 Å². The van der Waals surface area contributed by atoms with Crippen molar-refractivity contribution >= 4 is 44.8 Å². The van der Waals surface area contributed by atoms with Gasteiger partial charge in [-0.1, -0.05) is 17.7 Å². The maximum absolute atomic E-state index is 12.5. The Morgan fingerprint density at radius 2 is 1.80 bits per heavy atom. The number of anilines is 2. The fourth-order valence-corrected chi connectivity index (χ4v) is 2.96. The molecule has 2 amide bonds. The van der Waals surface area contributed by atoms with Crippen LogP contribution >= 0.6 is 11.6 Å². The lowest BCUT2D eigenvalue weighted by Crippen LogP contribution is -2.17. The Morgan fingerprint density at radius 1 is 1.12 bits per heavy atom. The molecule has 0 saturated carbocycles. The number of nitrogens with one attached hydrogen (secondary N) is 2. The first-order valence-electron chi connectivity index (χ1n) is 7.06. The Hall–Kier alpha value is -2.58. The van der Waals surface area contributed by atoms with E-state index in [1.54, 1.807) is 25.1 Å². The lowest BCUT2D eigenvalue weighted by atomic mass is 10.1. The van der Waals surface area contributed by atoms with Gasteiger partial charge in [0.05, 0.1) is 16.8 Å². The normalized spacial score (nSPS) is 11.0. The Balaban J connectivity index is 2.34. The third kappa shape index (κ3) is 4.71. The van der Waals surface area contributed by atoms with Crippen LogP contribution < -0.4 is 15.8 Å². The van der Waals surface area contributed by atoms with Crippen LogP contribution in [-0.4, -0.2) is 26.5 Å². The summed E-state index contributed by atoms with van der Waals surface area (Å²) in [7, 11) is -3.49. The van der Waals surface area contributed by atoms with Gasteiger partial charge < -0.3 is 11.1 Å². The molecule has 7 nitrogen and oxygen atoms in total. The lowest BCUT2D eigenvalue weighted by Gasteiger charge is -2.12. The van der Waals surface area contributed by atoms with E-state index in [-0.39, 0.29) is 21.8 Å². The molecule has 0 saturated heterocycles. The Morgan fingerprint density at radius 3 is 2.40 bits per heavy atom. The van der Waals surface area contributed by atoms with Gasteiger partial charge in [0.2, 0.25) is 15.9 Å². The molecule has 4 N–H and O–H groups in total. The SMILES string of the molecule is Cc1c(NC(=O)c2cc(NS(C)(=O)=O)ccc2Cl)cccc1C(N)=O. The van der Waals surface area contributed by atoms with Crippen LogP contribution in [0.5, 0.6) is 0 Å². The molecule has 0 unspecified atom stereocenters. The van der Waals surface area contributed by atoms with Crippen molar-refractivity contribution in [2.45, 2.75) is 6.92 Å². The number of benzene rings is 2. The summed E-state index contributed by atoms with van der Waals surface area (Å²) in [6.45, 7) is 1.65. The molecule has 132 valence electrons. The van der Waals surface area contributed by atoms with Gasteiger partial charge in [-0.05, 0) is 42.8 Å². The summed E-state index contributed by atoms with van der Waals surface area (Å²) in [6, 6.07) is 8.94. The number of hydrogen-bond acceptors (Lipinski definition) is 4. The summed E-state index contributed by atoms with van der Waals surface area (Å²) >= 11 is 6.04. The first-order chi connectivity index (χ1) is 11.6. The van der Waals surface area contributed by atoms with E-state index in [0.717, 1.165) is 6.26 Å². The van der Waals surface area contributed by atoms with Gasteiger partial charge in [0.1, 0.15) is 0 Å². The van der Waals surface area contributed by atoms with Gasteiger partial charge in [-0.2, -0.15) is 0 Å². The topological polar surface area (TPSA) is 118 Å². The van der Waals surface area contributed by atoms with Crippen molar-refractivity contribution in [3.05, 3.63) is 58.1 Å². The number of primary amides is 1. The molecule has 0 aliphatic heterocycles. The third-order valence-corrected chi connectivity index (χ3v) is 4.30. The van der Waals surface area contributed by atoms with Crippen LogP contribution in [0, 0.1) is 6.92 Å². The van der Waals surface area contributed by atoms with Gasteiger partial charge in [-0.3, -0.25) is 14.3 Å². The highest BCUT2D eigenvalue weighted by molar-refractivity contribution is 7.92. The van der Waals surface area contributed by atoms with Crippen LogP contribution in [0.15, 0.2) is 36.4 Å². The second-order valence-corrected chi connectivity index (χ2v) is 7.52. The second kappa shape index (κ2) is 7.12. The van der Waals surface area contributed by atoms with E-state index in [2.05, 4.69) is 10.0 Å². The molecule has 9 heteroatoms. The highest BCUT2D eigenvalue weighted by Gasteiger charge is 2.15. The van der Waals surface area contributed by atoms with Crippen LogP contribution in [0.4, 0.5) is 11.4 Å². The molecule has 0 heterocycles. The van der Waals surface area contributed by atoms with E-state index in [1.165, 1.54) is 18.2 Å². The molecule has 0 radical (unpaired) electrons. The standard InChI is InChI=1S/C16H16ClN3O4S/c1-9-11(15(18)21)4-3-5-14(9)19-16(22)12-8-10(6-7-13(12)17)20-25(2,23)24/h3-8,20H,1-2H3,(H2,18,21)(H,19,22). The summed E-state index contributed by atoms with van der Waals surface area (Å²) in [5, 5.41) is 2.80. The number of nitrogens with two attached hydrogens (primary N) is 1. The molecule has 0 aromatic heterocycles. The van der Waals surface area contributed by atoms with Crippen molar-refractivity contribution in [2.24, 2.45) is 5.73 Å². The highest BCUT2D eigenvalue weighted by atomic mass is 35.5. The molecule has 0 atom stereocenters. The van der Waals surface area contributed by atoms with Crippen LogP contribution in [0.25, 0.3) is 0 Å². The third-order valence-electron chi connectivity index (χ3n) is 3.36. The number of amides is 2. The minimum absolute atomic E-state index is 0.0826. The summed E-state index contributed by atoms with van der Waals surface area (Å²) in [5.41, 5.74) is 6.79. The molecule has 0 fully saturated rings. The molecule has 0 aliphatic rings. The molecule has 25 heavy (non-hydrogen) atoms. The maximum Gasteiger partial charge on any atom is 0.257 e. The predicted molar refractivity (Wildman–Crippen MR) is 97.6 cm³/mol. The fraction of sp³-hybridized carbons (Fsp3) is 0.125. The Kier molecular flexibility index (Phi) is 5.34. The van der Waals surface area contributed by atoms with Crippen molar-refractivity contribution in [3.63, 3.8) is 0 Å². The van der Waals surface area contributed by atoms with Crippen LogP contribution in [0.3, 0.4) is 0 Å². The predicted octanol–water partition coefficient (Wildman–Crippen LogP) is 2.37.